The normalized spacial score (nSPS) is 10.9. The summed E-state index contributed by atoms with van der Waals surface area (Å²) >= 11 is 1.72. The fraction of sp³-hybridized carbons (Fsp3) is 0.0667. The molecule has 0 radical (unpaired) electrons. The third-order valence-corrected chi connectivity index (χ3v) is 3.96. The van der Waals surface area contributed by atoms with Gasteiger partial charge in [0, 0.05) is 27.7 Å². The van der Waals surface area contributed by atoms with Crippen LogP contribution in [0.2, 0.25) is 0 Å². The van der Waals surface area contributed by atoms with Gasteiger partial charge in [-0.15, -0.1) is 11.8 Å². The Morgan fingerprint density at radius 2 is 1.94 bits per heavy atom. The minimum atomic E-state index is -0.174. The van der Waals surface area contributed by atoms with Crippen LogP contribution in [0.4, 0.5) is 4.39 Å². The Kier molecular flexibility index (Phi) is 3.07. The second kappa shape index (κ2) is 4.86. The Bertz CT molecular complexity index is 675. The maximum atomic E-state index is 13.1. The topological polar surface area (TPSA) is 15.8 Å². The summed E-state index contributed by atoms with van der Waals surface area (Å²) in [6.45, 7) is 0. The van der Waals surface area contributed by atoms with Crippen LogP contribution in [-0.4, -0.2) is 4.98 Å². The number of aromatic amines is 1. The van der Waals surface area contributed by atoms with Crippen LogP contribution < -0.4 is 0 Å². The summed E-state index contributed by atoms with van der Waals surface area (Å²) in [6, 6.07) is 15.0. The first-order chi connectivity index (χ1) is 8.83. The van der Waals surface area contributed by atoms with Gasteiger partial charge >= 0.3 is 0 Å². The molecule has 0 amide bonds. The lowest BCUT2D eigenvalue weighted by molar-refractivity contribution is 0.626. The first-order valence-corrected chi connectivity index (χ1v) is 6.75. The van der Waals surface area contributed by atoms with E-state index in [2.05, 4.69) is 17.1 Å². The number of rotatable bonds is 3. The van der Waals surface area contributed by atoms with Gasteiger partial charge in [0.1, 0.15) is 5.82 Å². The molecule has 1 aromatic heterocycles. The zero-order valence-electron chi connectivity index (χ0n) is 9.69. The van der Waals surface area contributed by atoms with Gasteiger partial charge in [-0.25, -0.2) is 4.39 Å². The number of halogens is 1. The van der Waals surface area contributed by atoms with Gasteiger partial charge in [0.2, 0.25) is 0 Å². The molecule has 0 saturated carbocycles. The van der Waals surface area contributed by atoms with Crippen molar-refractivity contribution in [2.75, 3.05) is 0 Å². The Morgan fingerprint density at radius 3 is 2.83 bits per heavy atom. The quantitative estimate of drug-likeness (QED) is 0.678. The zero-order chi connectivity index (χ0) is 12.4. The van der Waals surface area contributed by atoms with Crippen molar-refractivity contribution in [3.63, 3.8) is 0 Å². The summed E-state index contributed by atoms with van der Waals surface area (Å²) in [5, 5.41) is 1.22. The fourth-order valence-electron chi connectivity index (χ4n) is 1.95. The fourth-order valence-corrected chi connectivity index (χ4v) is 2.93. The highest BCUT2D eigenvalue weighted by molar-refractivity contribution is 7.98. The van der Waals surface area contributed by atoms with Gasteiger partial charge in [-0.3, -0.25) is 0 Å². The standard InChI is InChI=1S/C15H12FNS/c16-12-5-3-4-11(8-12)10-18-15-9-17-14-7-2-1-6-13(14)15/h1-9,17H,10H2. The van der Waals surface area contributed by atoms with E-state index in [1.165, 1.54) is 16.3 Å². The maximum Gasteiger partial charge on any atom is 0.123 e. The van der Waals surface area contributed by atoms with Crippen LogP contribution in [0.1, 0.15) is 5.56 Å². The molecule has 18 heavy (non-hydrogen) atoms. The summed E-state index contributed by atoms with van der Waals surface area (Å²) in [5.74, 6) is 0.603. The van der Waals surface area contributed by atoms with E-state index < -0.39 is 0 Å². The molecule has 0 saturated heterocycles. The van der Waals surface area contributed by atoms with E-state index in [-0.39, 0.29) is 5.82 Å². The highest BCUT2D eigenvalue weighted by Crippen LogP contribution is 2.30. The van der Waals surface area contributed by atoms with Gasteiger partial charge in [-0.1, -0.05) is 30.3 Å². The minimum Gasteiger partial charge on any atom is -0.360 e. The maximum absolute atomic E-state index is 13.1. The van der Waals surface area contributed by atoms with E-state index in [0.717, 1.165) is 16.8 Å². The number of benzene rings is 2. The lowest BCUT2D eigenvalue weighted by Gasteiger charge is -2.01. The molecule has 1 nitrogen and oxygen atoms in total. The van der Waals surface area contributed by atoms with Gasteiger partial charge in [-0.05, 0) is 23.8 Å². The number of fused-ring (bicyclic) bond motifs is 1. The average Bonchev–Trinajstić information content (AvgIpc) is 2.80. The van der Waals surface area contributed by atoms with Gasteiger partial charge in [-0.2, -0.15) is 0 Å². The number of H-pyrrole nitrogens is 1. The molecule has 1 N–H and O–H groups in total. The van der Waals surface area contributed by atoms with E-state index in [1.807, 2.05) is 24.4 Å². The number of para-hydroxylation sites is 1. The number of nitrogens with one attached hydrogen (secondary N) is 1. The van der Waals surface area contributed by atoms with Crippen molar-refractivity contribution in [1.29, 1.82) is 0 Å². The van der Waals surface area contributed by atoms with E-state index in [0.29, 0.717) is 0 Å². The average molecular weight is 257 g/mol. The third-order valence-electron chi connectivity index (χ3n) is 2.83. The molecule has 3 aromatic rings. The molecule has 0 aliphatic carbocycles. The Hall–Kier alpha value is -1.74. The second-order valence-electron chi connectivity index (χ2n) is 4.12. The summed E-state index contributed by atoms with van der Waals surface area (Å²) < 4.78 is 13.1. The van der Waals surface area contributed by atoms with Crippen molar-refractivity contribution in [2.24, 2.45) is 0 Å². The van der Waals surface area contributed by atoms with Crippen LogP contribution >= 0.6 is 11.8 Å². The van der Waals surface area contributed by atoms with Crippen LogP contribution in [0.15, 0.2) is 59.6 Å². The molecule has 3 rings (SSSR count). The van der Waals surface area contributed by atoms with Gasteiger partial charge in [0.25, 0.3) is 0 Å². The molecule has 2 aromatic carbocycles. The van der Waals surface area contributed by atoms with Crippen LogP contribution in [0.3, 0.4) is 0 Å². The highest BCUT2D eigenvalue weighted by atomic mass is 32.2. The van der Waals surface area contributed by atoms with Crippen molar-refractivity contribution in [3.8, 4) is 0 Å². The van der Waals surface area contributed by atoms with Crippen molar-refractivity contribution in [1.82, 2.24) is 4.98 Å². The highest BCUT2D eigenvalue weighted by Gasteiger charge is 2.04. The van der Waals surface area contributed by atoms with Crippen molar-refractivity contribution >= 4 is 22.7 Å². The Morgan fingerprint density at radius 1 is 1.06 bits per heavy atom. The number of thioether (sulfide) groups is 1. The number of aromatic nitrogens is 1. The number of hydrogen-bond donors (Lipinski definition) is 1. The monoisotopic (exact) mass is 257 g/mol. The van der Waals surface area contributed by atoms with Crippen LogP contribution in [-0.2, 0) is 5.75 Å². The summed E-state index contributed by atoms with van der Waals surface area (Å²) in [4.78, 5) is 4.44. The van der Waals surface area contributed by atoms with Crippen LogP contribution in [0, 0.1) is 5.82 Å². The predicted octanol–water partition coefficient (Wildman–Crippen LogP) is 4.60. The van der Waals surface area contributed by atoms with Crippen LogP contribution in [0.25, 0.3) is 10.9 Å². The Balaban J connectivity index is 1.81. The molecular formula is C15H12FNS. The second-order valence-corrected chi connectivity index (χ2v) is 5.13. The Labute approximate surface area is 109 Å². The lowest BCUT2D eigenvalue weighted by Crippen LogP contribution is -1.81. The molecule has 0 unspecified atom stereocenters. The van der Waals surface area contributed by atoms with E-state index in [1.54, 1.807) is 23.9 Å². The molecular weight excluding hydrogens is 245 g/mol. The summed E-state index contributed by atoms with van der Waals surface area (Å²) in [5.41, 5.74) is 2.14. The van der Waals surface area contributed by atoms with E-state index in [9.17, 15) is 4.39 Å². The van der Waals surface area contributed by atoms with Gasteiger partial charge < -0.3 is 4.98 Å². The smallest absolute Gasteiger partial charge is 0.123 e. The largest absolute Gasteiger partial charge is 0.360 e. The van der Waals surface area contributed by atoms with Gasteiger partial charge in [0.05, 0.1) is 0 Å². The van der Waals surface area contributed by atoms with Crippen LogP contribution in [0.5, 0.6) is 0 Å². The third kappa shape index (κ3) is 2.27. The zero-order valence-corrected chi connectivity index (χ0v) is 10.5. The molecule has 90 valence electrons. The first kappa shape index (κ1) is 11.4. The van der Waals surface area contributed by atoms with Crippen molar-refractivity contribution in [3.05, 3.63) is 66.1 Å². The minimum absolute atomic E-state index is 0.174. The van der Waals surface area contributed by atoms with E-state index in [4.69, 9.17) is 0 Å². The van der Waals surface area contributed by atoms with Crippen molar-refractivity contribution in [2.45, 2.75) is 10.6 Å². The predicted molar refractivity (Wildman–Crippen MR) is 74.3 cm³/mol. The molecule has 0 fully saturated rings. The molecule has 0 spiro atoms. The summed E-state index contributed by atoms with van der Waals surface area (Å²) in [7, 11) is 0. The summed E-state index contributed by atoms with van der Waals surface area (Å²) in [6.07, 6.45) is 2.01. The van der Waals surface area contributed by atoms with E-state index >= 15 is 0 Å². The first-order valence-electron chi connectivity index (χ1n) is 5.76. The molecule has 1 heterocycles. The van der Waals surface area contributed by atoms with Crippen molar-refractivity contribution < 1.29 is 4.39 Å². The SMILES string of the molecule is Fc1cccc(CSc2c[nH]c3ccccc23)c1. The van der Waals surface area contributed by atoms with Gasteiger partial charge in [0.15, 0.2) is 0 Å². The molecule has 0 aliphatic rings. The lowest BCUT2D eigenvalue weighted by atomic mass is 10.2. The molecule has 0 bridgehead atoms. The molecule has 0 atom stereocenters. The molecule has 3 heteroatoms. The number of hydrogen-bond acceptors (Lipinski definition) is 1. The molecule has 0 aliphatic heterocycles.